The van der Waals surface area contributed by atoms with E-state index in [0.717, 1.165) is 6.20 Å². The lowest BCUT2D eigenvalue weighted by molar-refractivity contribution is 0.0692. The van der Waals surface area contributed by atoms with Crippen LogP contribution in [0.2, 0.25) is 0 Å². The zero-order valence-electron chi connectivity index (χ0n) is 9.89. The van der Waals surface area contributed by atoms with Gasteiger partial charge in [-0.05, 0) is 0 Å². The van der Waals surface area contributed by atoms with Crippen molar-refractivity contribution in [3.8, 4) is 0 Å². The monoisotopic (exact) mass is 321 g/mol. The van der Waals surface area contributed by atoms with Crippen LogP contribution in [0.1, 0.15) is 10.4 Å². The van der Waals surface area contributed by atoms with Crippen LogP contribution in [0.3, 0.4) is 0 Å². The van der Waals surface area contributed by atoms with E-state index in [2.05, 4.69) is 5.10 Å². The summed E-state index contributed by atoms with van der Waals surface area (Å²) in [5.74, 6) is -6.53. The number of hydrogen-bond donors (Lipinski definition) is 3. The number of benzene rings is 1. The van der Waals surface area contributed by atoms with Gasteiger partial charge in [-0.15, -0.1) is 0 Å². The van der Waals surface area contributed by atoms with Crippen molar-refractivity contribution < 1.29 is 31.5 Å². The lowest BCUT2D eigenvalue weighted by Gasteiger charge is -2.08. The van der Waals surface area contributed by atoms with Crippen LogP contribution < -0.4 is 4.72 Å². The van der Waals surface area contributed by atoms with Gasteiger partial charge >= 0.3 is 5.97 Å². The molecule has 1 heterocycles. The van der Waals surface area contributed by atoms with E-state index in [9.17, 15) is 26.4 Å². The summed E-state index contributed by atoms with van der Waals surface area (Å²) in [5.41, 5.74) is -1.28. The van der Waals surface area contributed by atoms with Gasteiger partial charge in [-0.1, -0.05) is 0 Å². The lowest BCUT2D eigenvalue weighted by atomic mass is 10.3. The van der Waals surface area contributed by atoms with Crippen LogP contribution in [-0.4, -0.2) is 29.7 Å². The molecule has 112 valence electrons. The van der Waals surface area contributed by atoms with E-state index in [0.29, 0.717) is 12.1 Å². The Bertz CT molecular complexity index is 796. The Kier molecular flexibility index (Phi) is 3.60. The Hall–Kier alpha value is -2.56. The van der Waals surface area contributed by atoms with Crippen molar-refractivity contribution in [2.75, 3.05) is 4.72 Å². The Labute approximate surface area is 115 Å². The van der Waals surface area contributed by atoms with Crippen LogP contribution >= 0.6 is 0 Å². The van der Waals surface area contributed by atoms with Crippen LogP contribution in [-0.2, 0) is 10.0 Å². The highest BCUT2D eigenvalue weighted by atomic mass is 32.2. The SMILES string of the molecule is O=C(O)c1cn[nH]c1S(=O)(=O)Nc1cc(F)c(F)c(F)c1. The number of H-pyrrole nitrogens is 1. The first-order valence-electron chi connectivity index (χ1n) is 5.16. The standard InChI is InChI=1S/C10H6F3N3O4S/c11-6-1-4(2-7(12)8(6)13)16-21(19,20)9-5(10(17)18)3-14-15-9/h1-3,16H,(H,14,15)(H,17,18). The number of nitrogens with one attached hydrogen (secondary N) is 2. The topological polar surface area (TPSA) is 112 Å². The van der Waals surface area contributed by atoms with Crippen molar-refractivity contribution in [1.82, 2.24) is 10.2 Å². The Morgan fingerprint density at radius 1 is 1.24 bits per heavy atom. The van der Waals surface area contributed by atoms with Gasteiger partial charge < -0.3 is 5.11 Å². The first-order valence-corrected chi connectivity index (χ1v) is 6.64. The van der Waals surface area contributed by atoms with Gasteiger partial charge in [0.05, 0.1) is 11.9 Å². The smallest absolute Gasteiger partial charge is 0.340 e. The maximum absolute atomic E-state index is 13.0. The van der Waals surface area contributed by atoms with Crippen molar-refractivity contribution in [2.24, 2.45) is 0 Å². The maximum atomic E-state index is 13.0. The number of rotatable bonds is 4. The quantitative estimate of drug-likeness (QED) is 0.735. The van der Waals surface area contributed by atoms with E-state index in [1.807, 2.05) is 5.10 Å². The van der Waals surface area contributed by atoms with Crippen LogP contribution in [0.25, 0.3) is 0 Å². The highest BCUT2D eigenvalue weighted by molar-refractivity contribution is 7.92. The number of carbonyl (C=O) groups is 1. The molecule has 1 aromatic carbocycles. The molecule has 0 saturated carbocycles. The molecule has 0 aliphatic heterocycles. The average molecular weight is 321 g/mol. The van der Waals surface area contributed by atoms with Crippen LogP contribution in [0.5, 0.6) is 0 Å². The van der Waals surface area contributed by atoms with Gasteiger partial charge in [-0.25, -0.2) is 18.0 Å². The molecular formula is C10H6F3N3O4S. The molecule has 11 heteroatoms. The van der Waals surface area contributed by atoms with Gasteiger partial charge in [0.25, 0.3) is 10.0 Å². The first kappa shape index (κ1) is 14.8. The molecule has 0 radical (unpaired) electrons. The molecule has 21 heavy (non-hydrogen) atoms. The van der Waals surface area contributed by atoms with Gasteiger partial charge in [-0.2, -0.15) is 13.5 Å². The van der Waals surface area contributed by atoms with E-state index >= 15 is 0 Å². The summed E-state index contributed by atoms with van der Waals surface area (Å²) in [6.07, 6.45) is 0.753. The van der Waals surface area contributed by atoms with E-state index in [4.69, 9.17) is 5.11 Å². The molecule has 7 nitrogen and oxygen atoms in total. The molecule has 0 bridgehead atoms. The molecule has 0 aliphatic carbocycles. The zero-order valence-corrected chi connectivity index (χ0v) is 10.7. The van der Waals surface area contributed by atoms with E-state index in [1.54, 1.807) is 4.72 Å². The van der Waals surface area contributed by atoms with Crippen molar-refractivity contribution in [1.29, 1.82) is 0 Å². The largest absolute Gasteiger partial charge is 0.478 e. The summed E-state index contributed by atoms with van der Waals surface area (Å²) in [5, 5.41) is 13.2. The molecule has 0 fully saturated rings. The third-order valence-electron chi connectivity index (χ3n) is 2.34. The van der Waals surface area contributed by atoms with E-state index in [-0.39, 0.29) is 0 Å². The fourth-order valence-electron chi connectivity index (χ4n) is 1.45. The molecule has 2 aromatic rings. The van der Waals surface area contributed by atoms with Crippen LogP contribution in [0.4, 0.5) is 18.9 Å². The molecule has 0 saturated heterocycles. The number of aromatic nitrogens is 2. The molecule has 3 N–H and O–H groups in total. The summed E-state index contributed by atoms with van der Waals surface area (Å²) >= 11 is 0. The predicted octanol–water partition coefficient (Wildman–Crippen LogP) is 1.33. The number of carboxylic acids is 1. The first-order chi connectivity index (χ1) is 9.72. The number of halogens is 3. The van der Waals surface area contributed by atoms with E-state index < -0.39 is 49.7 Å². The fourth-order valence-corrected chi connectivity index (χ4v) is 2.58. The Balaban J connectivity index is 2.43. The molecule has 0 aliphatic rings. The number of carboxylic acid groups (broad SMARTS) is 1. The zero-order chi connectivity index (χ0) is 15.8. The number of aromatic carboxylic acids is 1. The summed E-state index contributed by atoms with van der Waals surface area (Å²) in [6.45, 7) is 0. The minimum Gasteiger partial charge on any atom is -0.478 e. The third kappa shape index (κ3) is 2.81. The molecule has 1 aromatic heterocycles. The molecule has 2 rings (SSSR count). The average Bonchev–Trinajstić information content (AvgIpc) is 2.85. The Morgan fingerprint density at radius 2 is 1.81 bits per heavy atom. The number of sulfonamides is 1. The highest BCUT2D eigenvalue weighted by Gasteiger charge is 2.25. The second-order valence-corrected chi connectivity index (χ2v) is 5.40. The molecule has 0 atom stereocenters. The summed E-state index contributed by atoms with van der Waals surface area (Å²) in [7, 11) is -4.50. The summed E-state index contributed by atoms with van der Waals surface area (Å²) in [6, 6.07) is 0.819. The minimum atomic E-state index is -4.50. The predicted molar refractivity (Wildman–Crippen MR) is 62.7 cm³/mol. The third-order valence-corrected chi connectivity index (χ3v) is 3.69. The summed E-state index contributed by atoms with van der Waals surface area (Å²) in [4.78, 5) is 10.8. The van der Waals surface area contributed by atoms with E-state index in [1.165, 1.54) is 0 Å². The second kappa shape index (κ2) is 5.09. The van der Waals surface area contributed by atoms with Gasteiger partial charge in [0.15, 0.2) is 22.5 Å². The van der Waals surface area contributed by atoms with Crippen LogP contribution in [0.15, 0.2) is 23.4 Å². The molecule has 0 amide bonds. The van der Waals surface area contributed by atoms with Crippen molar-refractivity contribution in [3.05, 3.63) is 41.3 Å². The van der Waals surface area contributed by atoms with Gasteiger partial charge in [-0.3, -0.25) is 9.82 Å². The summed E-state index contributed by atoms with van der Waals surface area (Å²) < 4.78 is 64.3. The van der Waals surface area contributed by atoms with Crippen LogP contribution in [0, 0.1) is 17.5 Å². The minimum absolute atomic E-state index is 0.409. The molecular weight excluding hydrogens is 315 g/mol. The number of aromatic amines is 1. The normalized spacial score (nSPS) is 11.4. The van der Waals surface area contributed by atoms with Gasteiger partial charge in [0.1, 0.15) is 5.56 Å². The molecule has 0 unspecified atom stereocenters. The van der Waals surface area contributed by atoms with Crippen molar-refractivity contribution >= 4 is 21.7 Å². The molecule has 0 spiro atoms. The fraction of sp³-hybridized carbons (Fsp3) is 0. The lowest BCUT2D eigenvalue weighted by Crippen LogP contribution is -2.17. The van der Waals surface area contributed by atoms with Crippen molar-refractivity contribution in [2.45, 2.75) is 5.03 Å². The second-order valence-electron chi connectivity index (χ2n) is 3.78. The number of hydrogen-bond acceptors (Lipinski definition) is 4. The highest BCUT2D eigenvalue weighted by Crippen LogP contribution is 2.21. The number of anilines is 1. The van der Waals surface area contributed by atoms with Gasteiger partial charge in [0, 0.05) is 12.1 Å². The number of nitrogens with zero attached hydrogens (tertiary/aromatic N) is 1. The van der Waals surface area contributed by atoms with Crippen molar-refractivity contribution in [3.63, 3.8) is 0 Å². The maximum Gasteiger partial charge on any atom is 0.340 e. The van der Waals surface area contributed by atoms with Gasteiger partial charge in [0.2, 0.25) is 0 Å². The Morgan fingerprint density at radius 3 is 2.33 bits per heavy atom.